The van der Waals surface area contributed by atoms with Crippen LogP contribution in [0.5, 0.6) is 0 Å². The molecule has 5 heteroatoms. The molecule has 1 saturated heterocycles. The number of carbonyl (C=O) groups is 2. The zero-order valence-corrected chi connectivity index (χ0v) is 15.8. The Balaban J connectivity index is 1.78. The first-order valence-electron chi connectivity index (χ1n) is 9.59. The van der Waals surface area contributed by atoms with Crippen LogP contribution in [-0.2, 0) is 9.59 Å². The molecule has 146 valence electrons. The van der Waals surface area contributed by atoms with Crippen molar-refractivity contribution in [2.24, 2.45) is 0 Å². The Morgan fingerprint density at radius 3 is 2.03 bits per heavy atom. The highest BCUT2D eigenvalue weighted by Gasteiger charge is 2.39. The molecule has 1 unspecified atom stereocenters. The first kappa shape index (κ1) is 18.9. The molecule has 1 atom stereocenters. The summed E-state index contributed by atoms with van der Waals surface area (Å²) in [6.07, 6.45) is 0. The van der Waals surface area contributed by atoms with Gasteiger partial charge < -0.3 is 10.2 Å². The Kier molecular flexibility index (Phi) is 5.38. The van der Waals surface area contributed by atoms with Crippen LogP contribution in [0.2, 0.25) is 0 Å². The van der Waals surface area contributed by atoms with Crippen molar-refractivity contribution in [2.45, 2.75) is 12.0 Å². The summed E-state index contributed by atoms with van der Waals surface area (Å²) in [6.45, 7) is 0.658. The molecule has 4 rings (SSSR count). The number of halogens is 1. The van der Waals surface area contributed by atoms with E-state index >= 15 is 0 Å². The molecule has 0 spiro atoms. The highest BCUT2D eigenvalue weighted by atomic mass is 19.1. The maximum Gasteiger partial charge on any atom is 0.247 e. The number of benzene rings is 3. The number of nitrogens with zero attached hydrogens (tertiary/aromatic N) is 1. The Hall–Kier alpha value is -3.47. The van der Waals surface area contributed by atoms with Crippen LogP contribution in [0.3, 0.4) is 0 Å². The van der Waals surface area contributed by atoms with Crippen LogP contribution in [0.25, 0.3) is 0 Å². The van der Waals surface area contributed by atoms with E-state index in [2.05, 4.69) is 5.32 Å². The minimum atomic E-state index is -0.993. The molecule has 1 aliphatic heterocycles. The highest BCUT2D eigenvalue weighted by Crippen LogP contribution is 2.32. The molecule has 1 heterocycles. The SMILES string of the molecule is O=C1NCCN(C(=O)C(c2ccccc2)c2ccccc2)C1c1ccccc1F. The zero-order chi connectivity index (χ0) is 20.2. The summed E-state index contributed by atoms with van der Waals surface area (Å²) in [6, 6.07) is 24.1. The third kappa shape index (κ3) is 3.76. The average molecular weight is 388 g/mol. The minimum absolute atomic E-state index is 0.206. The topological polar surface area (TPSA) is 49.4 Å². The fourth-order valence-electron chi connectivity index (χ4n) is 3.84. The minimum Gasteiger partial charge on any atom is -0.352 e. The van der Waals surface area contributed by atoms with Crippen LogP contribution in [0, 0.1) is 5.82 Å². The van der Waals surface area contributed by atoms with Crippen molar-refractivity contribution in [3.63, 3.8) is 0 Å². The van der Waals surface area contributed by atoms with Crippen LogP contribution >= 0.6 is 0 Å². The second-order valence-corrected chi connectivity index (χ2v) is 7.00. The molecule has 3 aromatic carbocycles. The molecule has 0 saturated carbocycles. The fourth-order valence-corrected chi connectivity index (χ4v) is 3.84. The number of carbonyl (C=O) groups excluding carboxylic acids is 2. The lowest BCUT2D eigenvalue weighted by Gasteiger charge is -2.37. The van der Waals surface area contributed by atoms with E-state index in [0.717, 1.165) is 11.1 Å². The maximum absolute atomic E-state index is 14.5. The number of rotatable bonds is 4. The van der Waals surface area contributed by atoms with E-state index in [0.29, 0.717) is 13.1 Å². The van der Waals surface area contributed by atoms with Crippen LogP contribution in [0.4, 0.5) is 4.39 Å². The molecule has 0 bridgehead atoms. The summed E-state index contributed by atoms with van der Waals surface area (Å²) < 4.78 is 14.5. The molecular weight excluding hydrogens is 367 g/mol. The highest BCUT2D eigenvalue weighted by molar-refractivity contribution is 5.94. The summed E-state index contributed by atoms with van der Waals surface area (Å²) in [4.78, 5) is 28.0. The second kappa shape index (κ2) is 8.27. The largest absolute Gasteiger partial charge is 0.352 e. The second-order valence-electron chi connectivity index (χ2n) is 7.00. The Morgan fingerprint density at radius 1 is 0.897 bits per heavy atom. The van der Waals surface area contributed by atoms with Crippen LogP contribution in [0.1, 0.15) is 28.7 Å². The molecule has 2 amide bonds. The van der Waals surface area contributed by atoms with Gasteiger partial charge in [0.1, 0.15) is 11.9 Å². The molecular formula is C24H21FN2O2. The summed E-state index contributed by atoms with van der Waals surface area (Å²) in [5.41, 5.74) is 1.88. The average Bonchev–Trinajstić information content (AvgIpc) is 2.76. The van der Waals surface area contributed by atoms with Gasteiger partial charge in [-0.05, 0) is 17.2 Å². The van der Waals surface area contributed by atoms with E-state index in [1.54, 1.807) is 18.2 Å². The van der Waals surface area contributed by atoms with Gasteiger partial charge in [-0.3, -0.25) is 9.59 Å². The lowest BCUT2D eigenvalue weighted by atomic mass is 9.88. The number of hydrogen-bond acceptors (Lipinski definition) is 2. The maximum atomic E-state index is 14.5. The van der Waals surface area contributed by atoms with Gasteiger partial charge in [0, 0.05) is 18.7 Å². The molecule has 1 N–H and O–H groups in total. The summed E-state index contributed by atoms with van der Waals surface area (Å²) >= 11 is 0. The monoisotopic (exact) mass is 388 g/mol. The van der Waals surface area contributed by atoms with Gasteiger partial charge in [-0.15, -0.1) is 0 Å². The zero-order valence-electron chi connectivity index (χ0n) is 15.8. The summed E-state index contributed by atoms with van der Waals surface area (Å²) in [7, 11) is 0. The molecule has 0 aliphatic carbocycles. The van der Waals surface area contributed by atoms with Crippen LogP contribution < -0.4 is 5.32 Å². The van der Waals surface area contributed by atoms with E-state index in [-0.39, 0.29) is 17.4 Å². The molecule has 1 fully saturated rings. The predicted octanol–water partition coefficient (Wildman–Crippen LogP) is 3.66. The van der Waals surface area contributed by atoms with Crippen molar-refractivity contribution in [1.82, 2.24) is 10.2 Å². The third-order valence-electron chi connectivity index (χ3n) is 5.21. The Morgan fingerprint density at radius 2 is 1.45 bits per heavy atom. The Bertz CT molecular complexity index is 968. The standard InChI is InChI=1S/C24H21FN2O2/c25-20-14-8-7-13-19(20)22-23(28)26-15-16-27(22)24(29)21(17-9-3-1-4-10-17)18-11-5-2-6-12-18/h1-14,21-22H,15-16H2,(H,26,28). The number of nitrogens with one attached hydrogen (secondary N) is 1. The molecule has 4 nitrogen and oxygen atoms in total. The molecule has 0 radical (unpaired) electrons. The van der Waals surface area contributed by atoms with Gasteiger partial charge in [0.25, 0.3) is 0 Å². The number of amides is 2. The van der Waals surface area contributed by atoms with E-state index in [1.807, 2.05) is 60.7 Å². The molecule has 29 heavy (non-hydrogen) atoms. The van der Waals surface area contributed by atoms with Crippen molar-refractivity contribution in [2.75, 3.05) is 13.1 Å². The van der Waals surface area contributed by atoms with Crippen molar-refractivity contribution < 1.29 is 14.0 Å². The van der Waals surface area contributed by atoms with Gasteiger partial charge in [-0.2, -0.15) is 0 Å². The van der Waals surface area contributed by atoms with Gasteiger partial charge >= 0.3 is 0 Å². The summed E-state index contributed by atoms with van der Waals surface area (Å²) in [5, 5.41) is 2.76. The number of hydrogen-bond donors (Lipinski definition) is 1. The van der Waals surface area contributed by atoms with E-state index in [1.165, 1.54) is 11.0 Å². The molecule has 3 aromatic rings. The first-order chi connectivity index (χ1) is 14.2. The van der Waals surface area contributed by atoms with Crippen molar-refractivity contribution in [1.29, 1.82) is 0 Å². The van der Waals surface area contributed by atoms with Crippen LogP contribution in [0.15, 0.2) is 84.9 Å². The first-order valence-corrected chi connectivity index (χ1v) is 9.59. The molecule has 1 aliphatic rings. The van der Waals surface area contributed by atoms with Gasteiger partial charge in [-0.1, -0.05) is 78.9 Å². The van der Waals surface area contributed by atoms with Gasteiger partial charge in [0.05, 0.1) is 5.92 Å². The van der Waals surface area contributed by atoms with Crippen molar-refractivity contribution in [3.8, 4) is 0 Å². The van der Waals surface area contributed by atoms with Gasteiger partial charge in [0.15, 0.2) is 0 Å². The predicted molar refractivity (Wildman–Crippen MR) is 109 cm³/mol. The van der Waals surface area contributed by atoms with Gasteiger partial charge in [0.2, 0.25) is 11.8 Å². The third-order valence-corrected chi connectivity index (χ3v) is 5.21. The number of piperazine rings is 1. The Labute approximate surface area is 169 Å². The lowest BCUT2D eigenvalue weighted by Crippen LogP contribution is -2.53. The van der Waals surface area contributed by atoms with Crippen LogP contribution in [-0.4, -0.2) is 29.8 Å². The lowest BCUT2D eigenvalue weighted by molar-refractivity contribution is -0.144. The van der Waals surface area contributed by atoms with E-state index < -0.39 is 17.8 Å². The van der Waals surface area contributed by atoms with E-state index in [9.17, 15) is 14.0 Å². The van der Waals surface area contributed by atoms with E-state index in [4.69, 9.17) is 0 Å². The van der Waals surface area contributed by atoms with Crippen molar-refractivity contribution in [3.05, 3.63) is 107 Å². The quantitative estimate of drug-likeness (QED) is 0.742. The normalized spacial score (nSPS) is 16.6. The van der Waals surface area contributed by atoms with Crippen molar-refractivity contribution >= 4 is 11.8 Å². The molecule has 0 aromatic heterocycles. The fraction of sp³-hybridized carbons (Fsp3) is 0.167. The smallest absolute Gasteiger partial charge is 0.247 e. The van der Waals surface area contributed by atoms with Gasteiger partial charge in [-0.25, -0.2) is 4.39 Å². The summed E-state index contributed by atoms with van der Waals surface area (Å²) in [5.74, 6) is -1.65.